The molecule has 1 fully saturated rings. The largest absolute Gasteiger partial charge is 0.354 e. The maximum atomic E-state index is 13.2. The molecule has 2 aromatic heterocycles. The van der Waals surface area contributed by atoms with Crippen LogP contribution in [0.3, 0.4) is 0 Å². The Labute approximate surface area is 159 Å². The summed E-state index contributed by atoms with van der Waals surface area (Å²) in [5, 5.41) is 4.33. The Morgan fingerprint density at radius 3 is 2.67 bits per heavy atom. The summed E-state index contributed by atoms with van der Waals surface area (Å²) in [6.07, 6.45) is 4.99. The van der Waals surface area contributed by atoms with Crippen LogP contribution in [0.25, 0.3) is 11.0 Å². The third-order valence-electron chi connectivity index (χ3n) is 5.03. The number of aromatic nitrogens is 2. The number of anilines is 2. The van der Waals surface area contributed by atoms with Crippen molar-refractivity contribution < 1.29 is 4.79 Å². The van der Waals surface area contributed by atoms with Gasteiger partial charge in [-0.2, -0.15) is 0 Å². The van der Waals surface area contributed by atoms with Gasteiger partial charge in [0.25, 0.3) is 5.91 Å². The Morgan fingerprint density at radius 1 is 1.07 bits per heavy atom. The number of nitrogens with one attached hydrogen (secondary N) is 1. The molecule has 1 amide bonds. The Balaban J connectivity index is 1.82. The van der Waals surface area contributed by atoms with Crippen molar-refractivity contribution in [3.8, 4) is 0 Å². The van der Waals surface area contributed by atoms with E-state index in [1.165, 1.54) is 6.42 Å². The molecule has 4 rings (SSSR count). The van der Waals surface area contributed by atoms with E-state index in [1.807, 2.05) is 36.1 Å². The van der Waals surface area contributed by atoms with E-state index in [0.29, 0.717) is 11.2 Å². The van der Waals surface area contributed by atoms with Gasteiger partial charge in [-0.15, -0.1) is 0 Å². The number of pyridine rings is 2. The maximum Gasteiger partial charge on any atom is 0.257 e. The molecule has 1 aromatic carbocycles. The minimum absolute atomic E-state index is 0.0415. The molecule has 5 nitrogen and oxygen atoms in total. The van der Waals surface area contributed by atoms with Gasteiger partial charge in [0.2, 0.25) is 0 Å². The van der Waals surface area contributed by atoms with Crippen LogP contribution in [0.5, 0.6) is 0 Å². The number of rotatable bonds is 3. The lowest BCUT2D eigenvalue weighted by molar-refractivity contribution is 0.0725. The van der Waals surface area contributed by atoms with Gasteiger partial charge in [0.05, 0.1) is 11.3 Å². The topological polar surface area (TPSA) is 58.1 Å². The number of piperidine rings is 1. The van der Waals surface area contributed by atoms with Crippen LogP contribution < -0.4 is 5.32 Å². The lowest BCUT2D eigenvalue weighted by atomic mass is 10.1. The highest BCUT2D eigenvalue weighted by Gasteiger charge is 2.23. The van der Waals surface area contributed by atoms with E-state index in [2.05, 4.69) is 34.3 Å². The molecule has 27 heavy (non-hydrogen) atoms. The average molecular weight is 360 g/mol. The smallest absolute Gasteiger partial charge is 0.257 e. The van der Waals surface area contributed by atoms with Crippen LogP contribution in [0.1, 0.15) is 40.9 Å². The highest BCUT2D eigenvalue weighted by Crippen LogP contribution is 2.30. The van der Waals surface area contributed by atoms with E-state index in [0.717, 1.165) is 53.9 Å². The summed E-state index contributed by atoms with van der Waals surface area (Å²) >= 11 is 0. The zero-order valence-electron chi connectivity index (χ0n) is 15.8. The second-order valence-corrected chi connectivity index (χ2v) is 7.22. The molecule has 0 aliphatic carbocycles. The highest BCUT2D eigenvalue weighted by molar-refractivity contribution is 6.07. The standard InChI is InChI=1S/C22H24N4O/c1-15-7-6-8-17(13-15)25-20-18-10-9-16(2)24-21(18)23-14-19(20)22(27)26-11-4-3-5-12-26/h6-10,13-14H,3-5,11-12H2,1-2H3,(H,23,24,25). The number of benzene rings is 1. The van der Waals surface area contributed by atoms with Crippen LogP contribution in [0.2, 0.25) is 0 Å². The molecular weight excluding hydrogens is 336 g/mol. The number of carbonyl (C=O) groups excluding carboxylic acids is 1. The zero-order chi connectivity index (χ0) is 18.8. The van der Waals surface area contributed by atoms with Crippen molar-refractivity contribution in [1.82, 2.24) is 14.9 Å². The fraction of sp³-hybridized carbons (Fsp3) is 0.318. The molecule has 0 bridgehead atoms. The van der Waals surface area contributed by atoms with Crippen molar-refractivity contribution in [1.29, 1.82) is 0 Å². The first-order valence-corrected chi connectivity index (χ1v) is 9.51. The van der Waals surface area contributed by atoms with Crippen LogP contribution in [0.15, 0.2) is 42.6 Å². The number of carbonyl (C=O) groups is 1. The van der Waals surface area contributed by atoms with E-state index in [9.17, 15) is 4.79 Å². The number of nitrogens with zero attached hydrogens (tertiary/aromatic N) is 3. The van der Waals surface area contributed by atoms with Crippen molar-refractivity contribution in [3.05, 3.63) is 59.4 Å². The minimum atomic E-state index is 0.0415. The molecule has 0 saturated carbocycles. The Kier molecular flexibility index (Phi) is 4.75. The summed E-state index contributed by atoms with van der Waals surface area (Å²) in [4.78, 5) is 24.2. The molecule has 1 aliphatic heterocycles. The van der Waals surface area contributed by atoms with E-state index in [1.54, 1.807) is 6.20 Å². The van der Waals surface area contributed by atoms with E-state index < -0.39 is 0 Å². The normalized spacial score (nSPS) is 14.4. The van der Waals surface area contributed by atoms with E-state index in [-0.39, 0.29) is 5.91 Å². The average Bonchev–Trinajstić information content (AvgIpc) is 2.68. The molecule has 0 unspecified atom stereocenters. The van der Waals surface area contributed by atoms with Gasteiger partial charge >= 0.3 is 0 Å². The molecule has 0 spiro atoms. The third kappa shape index (κ3) is 3.63. The van der Waals surface area contributed by atoms with E-state index in [4.69, 9.17) is 0 Å². The fourth-order valence-electron chi connectivity index (χ4n) is 3.60. The summed E-state index contributed by atoms with van der Waals surface area (Å²) in [5.41, 5.74) is 5.07. The Bertz CT molecular complexity index is 993. The number of likely N-dealkylation sites (tertiary alicyclic amines) is 1. The molecule has 1 aliphatic rings. The van der Waals surface area contributed by atoms with Crippen LogP contribution in [0.4, 0.5) is 11.4 Å². The lowest BCUT2D eigenvalue weighted by Crippen LogP contribution is -2.36. The van der Waals surface area contributed by atoms with Crippen molar-refractivity contribution in [2.24, 2.45) is 0 Å². The van der Waals surface area contributed by atoms with Crippen molar-refractivity contribution in [2.75, 3.05) is 18.4 Å². The minimum Gasteiger partial charge on any atom is -0.354 e. The molecule has 0 atom stereocenters. The number of amides is 1. The molecule has 1 N–H and O–H groups in total. The molecule has 0 radical (unpaired) electrons. The maximum absolute atomic E-state index is 13.2. The lowest BCUT2D eigenvalue weighted by Gasteiger charge is -2.27. The first-order chi connectivity index (χ1) is 13.1. The van der Waals surface area contributed by atoms with Crippen LogP contribution in [0, 0.1) is 13.8 Å². The predicted molar refractivity (Wildman–Crippen MR) is 108 cm³/mol. The van der Waals surface area contributed by atoms with Gasteiger partial charge in [0.15, 0.2) is 5.65 Å². The number of fused-ring (bicyclic) bond motifs is 1. The van der Waals surface area contributed by atoms with Gasteiger partial charge in [-0.25, -0.2) is 9.97 Å². The molecule has 138 valence electrons. The summed E-state index contributed by atoms with van der Waals surface area (Å²) < 4.78 is 0. The number of hydrogen-bond donors (Lipinski definition) is 1. The van der Waals surface area contributed by atoms with Gasteiger partial charge in [0, 0.05) is 36.1 Å². The van der Waals surface area contributed by atoms with Crippen molar-refractivity contribution >= 4 is 28.3 Å². The fourth-order valence-corrected chi connectivity index (χ4v) is 3.60. The van der Waals surface area contributed by atoms with Gasteiger partial charge in [-0.3, -0.25) is 4.79 Å². The summed E-state index contributed by atoms with van der Waals surface area (Å²) in [7, 11) is 0. The van der Waals surface area contributed by atoms with Gasteiger partial charge in [0.1, 0.15) is 0 Å². The van der Waals surface area contributed by atoms with Crippen molar-refractivity contribution in [3.63, 3.8) is 0 Å². The quantitative estimate of drug-likeness (QED) is 0.741. The third-order valence-corrected chi connectivity index (χ3v) is 5.03. The Hall–Kier alpha value is -2.95. The monoisotopic (exact) mass is 360 g/mol. The zero-order valence-corrected chi connectivity index (χ0v) is 15.8. The van der Waals surface area contributed by atoms with Crippen LogP contribution in [-0.2, 0) is 0 Å². The van der Waals surface area contributed by atoms with Crippen molar-refractivity contribution in [2.45, 2.75) is 33.1 Å². The second-order valence-electron chi connectivity index (χ2n) is 7.22. The number of aryl methyl sites for hydroxylation is 2. The second kappa shape index (κ2) is 7.35. The van der Waals surface area contributed by atoms with Gasteiger partial charge in [-0.05, 0) is 62.9 Å². The predicted octanol–water partition coefficient (Wildman–Crippen LogP) is 4.62. The molecule has 3 aromatic rings. The SMILES string of the molecule is Cc1cccc(Nc2c(C(=O)N3CCCCC3)cnc3nc(C)ccc23)c1. The molecular formula is C22H24N4O. The first kappa shape index (κ1) is 17.5. The van der Waals surface area contributed by atoms with Gasteiger partial charge in [-0.1, -0.05) is 12.1 Å². The van der Waals surface area contributed by atoms with Gasteiger partial charge < -0.3 is 10.2 Å². The van der Waals surface area contributed by atoms with Crippen LogP contribution in [-0.4, -0.2) is 33.9 Å². The summed E-state index contributed by atoms with van der Waals surface area (Å²) in [5.74, 6) is 0.0415. The molecule has 1 saturated heterocycles. The Morgan fingerprint density at radius 2 is 1.89 bits per heavy atom. The summed E-state index contributed by atoms with van der Waals surface area (Å²) in [6, 6.07) is 12.1. The van der Waals surface area contributed by atoms with E-state index >= 15 is 0 Å². The highest BCUT2D eigenvalue weighted by atomic mass is 16.2. The summed E-state index contributed by atoms with van der Waals surface area (Å²) in [6.45, 7) is 5.63. The number of hydrogen-bond acceptors (Lipinski definition) is 4. The van der Waals surface area contributed by atoms with Crippen LogP contribution >= 0.6 is 0 Å². The molecule has 5 heteroatoms. The molecule has 3 heterocycles. The first-order valence-electron chi connectivity index (χ1n) is 9.51.